The van der Waals surface area contributed by atoms with Crippen molar-refractivity contribution in [1.29, 1.82) is 0 Å². The number of benzene rings is 2. The van der Waals surface area contributed by atoms with Crippen LogP contribution in [0.3, 0.4) is 0 Å². The molecule has 6 nitrogen and oxygen atoms in total. The Morgan fingerprint density at radius 2 is 1.82 bits per heavy atom. The molecule has 0 spiro atoms. The number of hydrogen-bond donors (Lipinski definition) is 3. The maximum atomic E-state index is 12.5. The molecule has 2 aromatic carbocycles. The van der Waals surface area contributed by atoms with E-state index >= 15 is 0 Å². The van der Waals surface area contributed by atoms with Crippen LogP contribution in [0.2, 0.25) is 0 Å². The second-order valence-corrected chi connectivity index (χ2v) is 4.68. The molecule has 3 aromatic rings. The number of hydrogen-bond acceptors (Lipinski definition) is 6. The number of ether oxygens (including phenoxy) is 1. The van der Waals surface area contributed by atoms with Crippen molar-refractivity contribution in [3.05, 3.63) is 46.6 Å². The molecule has 22 heavy (non-hydrogen) atoms. The average molecular weight is 300 g/mol. The van der Waals surface area contributed by atoms with Crippen LogP contribution in [0.4, 0.5) is 0 Å². The van der Waals surface area contributed by atoms with Gasteiger partial charge < -0.3 is 24.5 Å². The molecule has 0 fully saturated rings. The van der Waals surface area contributed by atoms with E-state index in [4.69, 9.17) is 9.15 Å². The molecule has 0 saturated heterocycles. The normalized spacial score (nSPS) is 10.8. The standard InChI is InChI=1S/C16H12O6/c1-21-16-14(20)13-11(19)6-10(18)7-12(13)22-15(16)8-3-2-4-9(17)5-8/h2-7,17-19H,1H3. The van der Waals surface area contributed by atoms with Crippen LogP contribution in [0.5, 0.6) is 23.0 Å². The first kappa shape index (κ1) is 13.8. The maximum absolute atomic E-state index is 12.5. The molecule has 3 rings (SSSR count). The second-order valence-electron chi connectivity index (χ2n) is 4.68. The van der Waals surface area contributed by atoms with E-state index in [0.717, 1.165) is 6.07 Å². The Bertz CT molecular complexity index is 926. The molecule has 1 aromatic heterocycles. The number of phenols is 3. The Kier molecular flexibility index (Phi) is 3.14. The summed E-state index contributed by atoms with van der Waals surface area (Å²) in [7, 11) is 1.31. The molecule has 3 N–H and O–H groups in total. The molecule has 112 valence electrons. The Hall–Kier alpha value is -3.15. The number of phenolic OH excluding ortho intramolecular Hbond substituents is 3. The maximum Gasteiger partial charge on any atom is 0.239 e. The van der Waals surface area contributed by atoms with Gasteiger partial charge in [0.05, 0.1) is 7.11 Å². The highest BCUT2D eigenvalue weighted by Gasteiger charge is 2.20. The number of rotatable bonds is 2. The summed E-state index contributed by atoms with van der Waals surface area (Å²) in [6.45, 7) is 0. The number of methoxy groups -OCH3 is 1. The minimum atomic E-state index is -0.570. The molecule has 0 atom stereocenters. The fourth-order valence-corrected chi connectivity index (χ4v) is 2.29. The third-order valence-electron chi connectivity index (χ3n) is 3.23. The average Bonchev–Trinajstić information content (AvgIpc) is 2.46. The monoisotopic (exact) mass is 300 g/mol. The van der Waals surface area contributed by atoms with Gasteiger partial charge in [-0.05, 0) is 12.1 Å². The predicted octanol–water partition coefficient (Wildman–Crippen LogP) is 2.59. The summed E-state index contributed by atoms with van der Waals surface area (Å²) in [5.41, 5.74) is -0.125. The Balaban J connectivity index is 2.43. The topological polar surface area (TPSA) is 100 Å². The van der Waals surface area contributed by atoms with Crippen molar-refractivity contribution in [2.24, 2.45) is 0 Å². The van der Waals surface area contributed by atoms with Gasteiger partial charge in [-0.2, -0.15) is 0 Å². The van der Waals surface area contributed by atoms with Crippen LogP contribution in [0.25, 0.3) is 22.3 Å². The van der Waals surface area contributed by atoms with Gasteiger partial charge in [0, 0.05) is 17.7 Å². The highest BCUT2D eigenvalue weighted by atomic mass is 16.5. The Morgan fingerprint density at radius 3 is 2.50 bits per heavy atom. The lowest BCUT2D eigenvalue weighted by atomic mass is 10.1. The first-order chi connectivity index (χ1) is 10.5. The summed E-state index contributed by atoms with van der Waals surface area (Å²) in [5, 5.41) is 28.9. The van der Waals surface area contributed by atoms with E-state index in [1.54, 1.807) is 12.1 Å². The van der Waals surface area contributed by atoms with Crippen molar-refractivity contribution in [2.45, 2.75) is 0 Å². The fourth-order valence-electron chi connectivity index (χ4n) is 2.29. The lowest BCUT2D eigenvalue weighted by Gasteiger charge is -2.10. The summed E-state index contributed by atoms with van der Waals surface area (Å²) >= 11 is 0. The van der Waals surface area contributed by atoms with Crippen molar-refractivity contribution >= 4 is 11.0 Å². The summed E-state index contributed by atoms with van der Waals surface area (Å²) in [4.78, 5) is 12.5. The van der Waals surface area contributed by atoms with E-state index in [1.165, 1.54) is 25.3 Å². The van der Waals surface area contributed by atoms with Gasteiger partial charge >= 0.3 is 0 Å². The van der Waals surface area contributed by atoms with Crippen molar-refractivity contribution in [3.63, 3.8) is 0 Å². The molecule has 0 bridgehead atoms. The lowest BCUT2D eigenvalue weighted by molar-refractivity contribution is 0.397. The SMILES string of the molecule is COc1c(-c2cccc(O)c2)oc2cc(O)cc(O)c2c1=O. The largest absolute Gasteiger partial charge is 0.508 e. The molecule has 0 aliphatic heterocycles. The summed E-state index contributed by atoms with van der Waals surface area (Å²) in [6.07, 6.45) is 0. The van der Waals surface area contributed by atoms with Gasteiger partial charge in [0.25, 0.3) is 0 Å². The van der Waals surface area contributed by atoms with Crippen LogP contribution in [-0.2, 0) is 0 Å². The second kappa shape index (κ2) is 5.00. The van der Waals surface area contributed by atoms with Crippen LogP contribution in [0.15, 0.2) is 45.6 Å². The van der Waals surface area contributed by atoms with Crippen LogP contribution < -0.4 is 10.2 Å². The zero-order valence-electron chi connectivity index (χ0n) is 11.5. The van der Waals surface area contributed by atoms with E-state index in [1.807, 2.05) is 0 Å². The van der Waals surface area contributed by atoms with Crippen molar-refractivity contribution in [3.8, 4) is 34.3 Å². The Morgan fingerprint density at radius 1 is 1.05 bits per heavy atom. The van der Waals surface area contributed by atoms with Gasteiger partial charge in [0.2, 0.25) is 11.2 Å². The molecule has 0 aliphatic carbocycles. The van der Waals surface area contributed by atoms with Gasteiger partial charge in [0.1, 0.15) is 28.2 Å². The Labute approximate surface area is 124 Å². The van der Waals surface area contributed by atoms with E-state index in [9.17, 15) is 20.1 Å². The molecule has 0 saturated carbocycles. The molecule has 6 heteroatoms. The zero-order valence-corrected chi connectivity index (χ0v) is 11.5. The number of fused-ring (bicyclic) bond motifs is 1. The van der Waals surface area contributed by atoms with Crippen LogP contribution in [0, 0.1) is 0 Å². The highest BCUT2D eigenvalue weighted by molar-refractivity contribution is 5.88. The van der Waals surface area contributed by atoms with Gasteiger partial charge in [-0.3, -0.25) is 4.79 Å². The highest BCUT2D eigenvalue weighted by Crippen LogP contribution is 2.36. The lowest BCUT2D eigenvalue weighted by Crippen LogP contribution is -2.07. The van der Waals surface area contributed by atoms with Gasteiger partial charge in [0.15, 0.2) is 5.76 Å². The van der Waals surface area contributed by atoms with Crippen LogP contribution in [0.1, 0.15) is 0 Å². The molecular weight excluding hydrogens is 288 g/mol. The molecule has 0 amide bonds. The van der Waals surface area contributed by atoms with Crippen LogP contribution >= 0.6 is 0 Å². The van der Waals surface area contributed by atoms with Gasteiger partial charge in [-0.1, -0.05) is 12.1 Å². The fraction of sp³-hybridized carbons (Fsp3) is 0.0625. The van der Waals surface area contributed by atoms with E-state index in [2.05, 4.69) is 0 Å². The number of aromatic hydroxyl groups is 3. The van der Waals surface area contributed by atoms with Crippen LogP contribution in [-0.4, -0.2) is 22.4 Å². The third kappa shape index (κ3) is 2.10. The van der Waals surface area contributed by atoms with Gasteiger partial charge in [-0.25, -0.2) is 0 Å². The summed E-state index contributed by atoms with van der Waals surface area (Å²) in [5.74, 6) is -0.634. The van der Waals surface area contributed by atoms with Crippen molar-refractivity contribution in [1.82, 2.24) is 0 Å². The molecule has 0 radical (unpaired) electrons. The summed E-state index contributed by atoms with van der Waals surface area (Å²) < 4.78 is 10.7. The van der Waals surface area contributed by atoms with Gasteiger partial charge in [-0.15, -0.1) is 0 Å². The van der Waals surface area contributed by atoms with Crippen molar-refractivity contribution < 1.29 is 24.5 Å². The first-order valence-corrected chi connectivity index (χ1v) is 6.37. The molecule has 1 heterocycles. The smallest absolute Gasteiger partial charge is 0.239 e. The quantitative estimate of drug-likeness (QED) is 0.672. The van der Waals surface area contributed by atoms with E-state index in [0.29, 0.717) is 5.56 Å². The minimum absolute atomic E-state index is 0.000977. The third-order valence-corrected chi connectivity index (χ3v) is 3.23. The minimum Gasteiger partial charge on any atom is -0.508 e. The molecule has 0 unspecified atom stereocenters. The summed E-state index contributed by atoms with van der Waals surface area (Å²) in [6, 6.07) is 8.39. The predicted molar refractivity (Wildman–Crippen MR) is 79.5 cm³/mol. The van der Waals surface area contributed by atoms with E-state index < -0.39 is 11.2 Å². The van der Waals surface area contributed by atoms with E-state index in [-0.39, 0.29) is 34.0 Å². The molecular formula is C16H12O6. The van der Waals surface area contributed by atoms with Crippen molar-refractivity contribution in [2.75, 3.05) is 7.11 Å². The zero-order chi connectivity index (χ0) is 15.9. The first-order valence-electron chi connectivity index (χ1n) is 6.37. The molecule has 0 aliphatic rings.